The van der Waals surface area contributed by atoms with Crippen LogP contribution in [0.1, 0.15) is 0 Å². The molecule has 0 saturated carbocycles. The molecule has 0 aliphatic rings. The zero-order valence-corrected chi connectivity index (χ0v) is 26.6. The number of furan rings is 1. The third-order valence-electron chi connectivity index (χ3n) is 10.2. The summed E-state index contributed by atoms with van der Waals surface area (Å²) >= 11 is 1.87. The minimum atomic E-state index is 0.915. The second-order valence-electron chi connectivity index (χ2n) is 12.8. The third kappa shape index (κ3) is 3.66. The zero-order chi connectivity index (χ0) is 31.3. The van der Waals surface area contributed by atoms with E-state index in [9.17, 15) is 0 Å². The van der Waals surface area contributed by atoms with Crippen LogP contribution >= 0.6 is 11.3 Å². The van der Waals surface area contributed by atoms with E-state index < -0.39 is 0 Å². The van der Waals surface area contributed by atoms with Crippen molar-refractivity contribution in [2.75, 3.05) is 0 Å². The standard InChI is InChI=1S/C46H26OS/c1-2-10-28-23-30(18-17-27(28)9-1)44-33-12-3-5-14-35(33)45(36-15-6-4-13-34(36)44)31-20-22-41-39(25-31)40-24-29-19-21-37-32-11-7-8-16-43(32)48-46(37)38(29)26-42(40)47-41/h1-26H. The fourth-order valence-corrected chi connectivity index (χ4v) is 9.26. The van der Waals surface area contributed by atoms with Crippen molar-refractivity contribution in [2.24, 2.45) is 0 Å². The third-order valence-corrected chi connectivity index (χ3v) is 11.4. The summed E-state index contributed by atoms with van der Waals surface area (Å²) in [4.78, 5) is 0. The van der Waals surface area contributed by atoms with E-state index in [0.717, 1.165) is 21.9 Å². The van der Waals surface area contributed by atoms with Gasteiger partial charge in [0.15, 0.2) is 0 Å². The Morgan fingerprint density at radius 2 is 0.917 bits per heavy atom. The summed E-state index contributed by atoms with van der Waals surface area (Å²) in [6.45, 7) is 0. The van der Waals surface area contributed by atoms with Crippen LogP contribution in [0.15, 0.2) is 162 Å². The van der Waals surface area contributed by atoms with Crippen LogP contribution in [0.25, 0.3) is 107 Å². The van der Waals surface area contributed by atoms with Crippen molar-refractivity contribution in [1.82, 2.24) is 0 Å². The van der Waals surface area contributed by atoms with E-state index in [0.29, 0.717) is 0 Å². The van der Waals surface area contributed by atoms with Gasteiger partial charge in [-0.15, -0.1) is 11.3 Å². The van der Waals surface area contributed by atoms with E-state index in [-0.39, 0.29) is 0 Å². The molecule has 9 aromatic carbocycles. The van der Waals surface area contributed by atoms with Crippen molar-refractivity contribution in [3.8, 4) is 22.3 Å². The van der Waals surface area contributed by atoms with Crippen molar-refractivity contribution in [3.63, 3.8) is 0 Å². The van der Waals surface area contributed by atoms with Gasteiger partial charge in [-0.2, -0.15) is 0 Å². The average Bonchev–Trinajstić information content (AvgIpc) is 3.70. The van der Waals surface area contributed by atoms with E-state index in [1.807, 2.05) is 11.3 Å². The van der Waals surface area contributed by atoms with Gasteiger partial charge < -0.3 is 4.42 Å². The molecule has 11 rings (SSSR count). The van der Waals surface area contributed by atoms with Crippen LogP contribution < -0.4 is 0 Å². The van der Waals surface area contributed by atoms with Gasteiger partial charge in [0.05, 0.1) is 0 Å². The molecule has 0 N–H and O–H groups in total. The van der Waals surface area contributed by atoms with Crippen LogP contribution in [0, 0.1) is 0 Å². The van der Waals surface area contributed by atoms with Gasteiger partial charge in [-0.25, -0.2) is 0 Å². The van der Waals surface area contributed by atoms with Crippen LogP contribution in [0.5, 0.6) is 0 Å². The average molecular weight is 627 g/mol. The number of rotatable bonds is 2. The zero-order valence-electron chi connectivity index (χ0n) is 25.8. The molecule has 0 bridgehead atoms. The van der Waals surface area contributed by atoms with Gasteiger partial charge in [0, 0.05) is 36.3 Å². The van der Waals surface area contributed by atoms with Crippen molar-refractivity contribution >= 4 is 96.5 Å². The molecule has 11 aromatic rings. The molecule has 0 unspecified atom stereocenters. The highest BCUT2D eigenvalue weighted by molar-refractivity contribution is 7.26. The second-order valence-corrected chi connectivity index (χ2v) is 13.9. The highest BCUT2D eigenvalue weighted by atomic mass is 32.1. The Kier molecular flexibility index (Phi) is 5.32. The van der Waals surface area contributed by atoms with Gasteiger partial charge >= 0.3 is 0 Å². The molecule has 2 aromatic heterocycles. The van der Waals surface area contributed by atoms with Crippen LogP contribution in [0.4, 0.5) is 0 Å². The number of thiophene rings is 1. The first-order valence-electron chi connectivity index (χ1n) is 16.4. The molecule has 0 radical (unpaired) electrons. The SMILES string of the molecule is c1ccc2cc(-c3c4ccccc4c(-c4ccc5oc6cc7c(ccc8c9ccccc9sc78)cc6c5c4)c4ccccc34)ccc2c1. The van der Waals surface area contributed by atoms with Gasteiger partial charge in [-0.1, -0.05) is 121 Å². The van der Waals surface area contributed by atoms with Gasteiger partial charge in [0.1, 0.15) is 11.2 Å². The lowest BCUT2D eigenvalue weighted by Crippen LogP contribution is -1.91. The summed E-state index contributed by atoms with van der Waals surface area (Å²) in [7, 11) is 0. The van der Waals surface area contributed by atoms with Crippen LogP contribution in [-0.4, -0.2) is 0 Å². The Balaban J connectivity index is 1.17. The first-order chi connectivity index (χ1) is 23.8. The van der Waals surface area contributed by atoms with Crippen molar-refractivity contribution in [2.45, 2.75) is 0 Å². The van der Waals surface area contributed by atoms with Crippen molar-refractivity contribution in [1.29, 1.82) is 0 Å². The maximum absolute atomic E-state index is 6.57. The Bertz CT molecular complexity index is 3060. The molecular formula is C46H26OS. The van der Waals surface area contributed by atoms with Gasteiger partial charge in [0.25, 0.3) is 0 Å². The molecule has 0 atom stereocenters. The first kappa shape index (κ1) is 26.1. The number of hydrogen-bond acceptors (Lipinski definition) is 2. The summed E-state index contributed by atoms with van der Waals surface area (Å²) in [6.07, 6.45) is 0. The molecule has 222 valence electrons. The van der Waals surface area contributed by atoms with E-state index in [4.69, 9.17) is 4.42 Å². The summed E-state index contributed by atoms with van der Waals surface area (Å²) in [6, 6.07) is 57.8. The van der Waals surface area contributed by atoms with Gasteiger partial charge in [-0.05, 0) is 96.4 Å². The number of hydrogen-bond donors (Lipinski definition) is 0. The van der Waals surface area contributed by atoms with E-state index in [1.54, 1.807) is 0 Å². The fourth-order valence-electron chi connectivity index (χ4n) is 8.03. The second kappa shape index (κ2) is 9.78. The largest absolute Gasteiger partial charge is 0.456 e. The van der Waals surface area contributed by atoms with Crippen LogP contribution in [0.2, 0.25) is 0 Å². The Hall–Kier alpha value is -5.96. The minimum absolute atomic E-state index is 0.915. The lowest BCUT2D eigenvalue weighted by atomic mass is 9.85. The molecule has 2 heterocycles. The first-order valence-corrected chi connectivity index (χ1v) is 17.2. The molecule has 0 aliphatic carbocycles. The quantitative estimate of drug-likeness (QED) is 0.174. The summed E-state index contributed by atoms with van der Waals surface area (Å²) in [5, 5.41) is 15.0. The number of fused-ring (bicyclic) bond motifs is 11. The van der Waals surface area contributed by atoms with E-state index in [2.05, 4.69) is 158 Å². The predicted octanol–water partition coefficient (Wildman–Crippen LogP) is 13.9. The molecular weight excluding hydrogens is 601 g/mol. The smallest absolute Gasteiger partial charge is 0.136 e. The van der Waals surface area contributed by atoms with E-state index in [1.165, 1.54) is 85.5 Å². The van der Waals surface area contributed by atoms with Crippen LogP contribution in [-0.2, 0) is 0 Å². The summed E-state index contributed by atoms with van der Waals surface area (Å²) in [5.74, 6) is 0. The molecule has 0 amide bonds. The molecule has 0 saturated heterocycles. The van der Waals surface area contributed by atoms with Crippen molar-refractivity contribution < 1.29 is 4.42 Å². The fraction of sp³-hybridized carbons (Fsp3) is 0. The van der Waals surface area contributed by atoms with Crippen molar-refractivity contribution in [3.05, 3.63) is 158 Å². The molecule has 0 fully saturated rings. The maximum atomic E-state index is 6.57. The number of benzene rings is 9. The minimum Gasteiger partial charge on any atom is -0.456 e. The molecule has 48 heavy (non-hydrogen) atoms. The topological polar surface area (TPSA) is 13.1 Å². The predicted molar refractivity (Wildman–Crippen MR) is 208 cm³/mol. The van der Waals surface area contributed by atoms with E-state index >= 15 is 0 Å². The van der Waals surface area contributed by atoms with Gasteiger partial charge in [-0.3, -0.25) is 0 Å². The Labute approximate surface area is 279 Å². The Morgan fingerprint density at radius 1 is 0.333 bits per heavy atom. The highest BCUT2D eigenvalue weighted by Crippen LogP contribution is 2.46. The highest BCUT2D eigenvalue weighted by Gasteiger charge is 2.19. The lowest BCUT2D eigenvalue weighted by Gasteiger charge is -2.18. The molecule has 1 nitrogen and oxygen atoms in total. The molecule has 2 heteroatoms. The lowest BCUT2D eigenvalue weighted by molar-refractivity contribution is 0.669. The maximum Gasteiger partial charge on any atom is 0.136 e. The summed E-state index contributed by atoms with van der Waals surface area (Å²) in [5.41, 5.74) is 6.82. The Morgan fingerprint density at radius 3 is 1.67 bits per heavy atom. The summed E-state index contributed by atoms with van der Waals surface area (Å²) < 4.78 is 9.21. The molecule has 0 spiro atoms. The van der Waals surface area contributed by atoms with Crippen LogP contribution in [0.3, 0.4) is 0 Å². The van der Waals surface area contributed by atoms with Gasteiger partial charge in [0.2, 0.25) is 0 Å². The molecule has 0 aliphatic heterocycles. The normalized spacial score (nSPS) is 12.2. The monoisotopic (exact) mass is 626 g/mol.